The maximum atomic E-state index is 13.2. The third-order valence-corrected chi connectivity index (χ3v) is 6.36. The summed E-state index contributed by atoms with van der Waals surface area (Å²) in [6.45, 7) is 1.33. The van der Waals surface area contributed by atoms with Crippen LogP contribution in [0.1, 0.15) is 44.7 Å². The molecule has 0 unspecified atom stereocenters. The second-order valence-corrected chi connectivity index (χ2v) is 8.47. The van der Waals surface area contributed by atoms with Gasteiger partial charge in [-0.2, -0.15) is 11.3 Å². The summed E-state index contributed by atoms with van der Waals surface area (Å²) in [6.07, 6.45) is 3.34. The summed E-state index contributed by atoms with van der Waals surface area (Å²) in [7, 11) is 0. The Hall–Kier alpha value is -2.92. The number of amides is 2. The molecular weight excluding hydrogens is 392 g/mol. The molecule has 1 saturated heterocycles. The predicted molar refractivity (Wildman–Crippen MR) is 121 cm³/mol. The highest BCUT2D eigenvalue weighted by Crippen LogP contribution is 2.19. The molecule has 0 aliphatic carbocycles. The molecule has 1 aliphatic rings. The number of nitrogens with one attached hydrogen (secondary N) is 1. The van der Waals surface area contributed by atoms with Gasteiger partial charge in [-0.25, -0.2) is 0 Å². The van der Waals surface area contributed by atoms with Crippen LogP contribution in [-0.2, 0) is 12.8 Å². The van der Waals surface area contributed by atoms with E-state index in [1.165, 1.54) is 16.9 Å². The van der Waals surface area contributed by atoms with Crippen LogP contribution in [0, 0.1) is 0 Å². The zero-order valence-corrected chi connectivity index (χ0v) is 17.7. The molecule has 2 heterocycles. The number of nitrogens with zero attached hydrogens (tertiary/aromatic N) is 1. The molecule has 0 spiro atoms. The van der Waals surface area contributed by atoms with Crippen molar-refractivity contribution in [1.82, 2.24) is 10.2 Å². The molecule has 3 aromatic rings. The first-order valence-electron chi connectivity index (χ1n) is 10.4. The molecule has 1 N–H and O–H groups in total. The number of aryl methyl sites for hydroxylation is 2. The second kappa shape index (κ2) is 9.72. The average Bonchev–Trinajstić information content (AvgIpc) is 3.34. The van der Waals surface area contributed by atoms with E-state index in [0.29, 0.717) is 18.7 Å². The number of carbonyl (C=O) groups is 2. The average molecular weight is 419 g/mol. The van der Waals surface area contributed by atoms with Gasteiger partial charge in [0.1, 0.15) is 0 Å². The molecule has 2 amide bonds. The fraction of sp³-hybridized carbons (Fsp3) is 0.280. The summed E-state index contributed by atoms with van der Waals surface area (Å²) in [5.41, 5.74) is 3.89. The Morgan fingerprint density at radius 3 is 2.40 bits per heavy atom. The number of likely N-dealkylation sites (tertiary alicyclic amines) is 1. The number of hydrogen-bond acceptors (Lipinski definition) is 3. The Morgan fingerprint density at radius 2 is 1.67 bits per heavy atom. The van der Waals surface area contributed by atoms with E-state index in [2.05, 4.69) is 23.5 Å². The highest BCUT2D eigenvalue weighted by atomic mass is 32.1. The largest absolute Gasteiger partial charge is 0.349 e. The second-order valence-electron chi connectivity index (χ2n) is 7.69. The van der Waals surface area contributed by atoms with Gasteiger partial charge in [0.15, 0.2) is 0 Å². The summed E-state index contributed by atoms with van der Waals surface area (Å²) in [4.78, 5) is 27.4. The van der Waals surface area contributed by atoms with Crippen LogP contribution in [0.5, 0.6) is 0 Å². The predicted octanol–water partition coefficient (Wildman–Crippen LogP) is 4.57. The van der Waals surface area contributed by atoms with Gasteiger partial charge in [-0.05, 0) is 54.3 Å². The molecule has 154 valence electrons. The highest BCUT2D eigenvalue weighted by Gasteiger charge is 2.26. The normalized spacial score (nSPS) is 14.5. The fourth-order valence-electron chi connectivity index (χ4n) is 3.93. The summed E-state index contributed by atoms with van der Waals surface area (Å²) in [5, 5.41) is 6.87. The zero-order valence-electron chi connectivity index (χ0n) is 16.9. The molecule has 0 radical (unpaired) electrons. The minimum Gasteiger partial charge on any atom is -0.349 e. The van der Waals surface area contributed by atoms with Crippen molar-refractivity contribution in [1.29, 1.82) is 0 Å². The monoisotopic (exact) mass is 418 g/mol. The van der Waals surface area contributed by atoms with Gasteiger partial charge in [-0.1, -0.05) is 48.5 Å². The molecular formula is C25H26N2O2S. The maximum absolute atomic E-state index is 13.2. The van der Waals surface area contributed by atoms with Crippen LogP contribution in [0.2, 0.25) is 0 Å². The zero-order chi connectivity index (χ0) is 20.8. The molecule has 1 aliphatic heterocycles. The van der Waals surface area contributed by atoms with Gasteiger partial charge in [0.25, 0.3) is 11.8 Å². The number of piperidine rings is 1. The highest BCUT2D eigenvalue weighted by molar-refractivity contribution is 7.08. The smallest absolute Gasteiger partial charge is 0.254 e. The lowest BCUT2D eigenvalue weighted by atomic mass is 9.97. The van der Waals surface area contributed by atoms with Gasteiger partial charge in [-0.15, -0.1) is 0 Å². The van der Waals surface area contributed by atoms with Crippen LogP contribution in [-0.4, -0.2) is 35.8 Å². The number of rotatable bonds is 6. The minimum atomic E-state index is -0.0210. The van der Waals surface area contributed by atoms with Crippen LogP contribution in [0.15, 0.2) is 71.4 Å². The van der Waals surface area contributed by atoms with E-state index < -0.39 is 0 Å². The Morgan fingerprint density at radius 1 is 0.933 bits per heavy atom. The SMILES string of the molecule is O=C(NC1CCN(C(=O)c2ccccc2CCc2ccccc2)CC1)c1ccsc1. The van der Waals surface area contributed by atoms with Gasteiger partial charge < -0.3 is 10.2 Å². The first-order valence-corrected chi connectivity index (χ1v) is 11.4. The van der Waals surface area contributed by atoms with E-state index in [4.69, 9.17) is 0 Å². The van der Waals surface area contributed by atoms with Crippen molar-refractivity contribution in [3.05, 3.63) is 93.7 Å². The molecule has 0 saturated carbocycles. The van der Waals surface area contributed by atoms with E-state index in [-0.39, 0.29) is 17.9 Å². The standard InChI is InChI=1S/C25H26N2O2S/c28-24(21-14-17-30-18-21)26-22-12-15-27(16-13-22)25(29)23-9-5-4-8-20(23)11-10-19-6-2-1-3-7-19/h1-9,14,17-18,22H,10-13,15-16H2,(H,26,28). The molecule has 30 heavy (non-hydrogen) atoms. The topological polar surface area (TPSA) is 49.4 Å². The van der Waals surface area contributed by atoms with Crippen molar-refractivity contribution in [2.75, 3.05) is 13.1 Å². The Balaban J connectivity index is 1.34. The number of hydrogen-bond donors (Lipinski definition) is 1. The van der Waals surface area contributed by atoms with Crippen molar-refractivity contribution < 1.29 is 9.59 Å². The summed E-state index contributed by atoms with van der Waals surface area (Å²) in [5.74, 6) is 0.0774. The van der Waals surface area contributed by atoms with Gasteiger partial charge >= 0.3 is 0 Å². The quantitative estimate of drug-likeness (QED) is 0.638. The van der Waals surface area contributed by atoms with Crippen LogP contribution < -0.4 is 5.32 Å². The minimum absolute atomic E-state index is 0.0210. The van der Waals surface area contributed by atoms with Crippen LogP contribution in [0.4, 0.5) is 0 Å². The Labute approximate surface area is 181 Å². The first-order chi connectivity index (χ1) is 14.7. The van der Waals surface area contributed by atoms with E-state index in [1.54, 1.807) is 0 Å². The number of carbonyl (C=O) groups excluding carboxylic acids is 2. The summed E-state index contributed by atoms with van der Waals surface area (Å²) in [6, 6.07) is 20.3. The van der Waals surface area contributed by atoms with E-state index in [0.717, 1.165) is 36.8 Å². The molecule has 4 nitrogen and oxygen atoms in total. The van der Waals surface area contributed by atoms with Crippen LogP contribution in [0.25, 0.3) is 0 Å². The van der Waals surface area contributed by atoms with Gasteiger partial charge in [-0.3, -0.25) is 9.59 Å². The van der Waals surface area contributed by atoms with E-state index >= 15 is 0 Å². The van der Waals surface area contributed by atoms with Crippen molar-refractivity contribution in [2.24, 2.45) is 0 Å². The van der Waals surface area contributed by atoms with Gasteiger partial charge in [0.2, 0.25) is 0 Å². The van der Waals surface area contributed by atoms with E-state index in [1.807, 2.05) is 58.1 Å². The number of thiophene rings is 1. The molecule has 1 aromatic heterocycles. The number of benzene rings is 2. The van der Waals surface area contributed by atoms with Crippen molar-refractivity contribution in [2.45, 2.75) is 31.7 Å². The third-order valence-electron chi connectivity index (χ3n) is 5.67. The molecule has 1 fully saturated rings. The molecule has 2 aromatic carbocycles. The lowest BCUT2D eigenvalue weighted by molar-refractivity contribution is 0.0697. The third kappa shape index (κ3) is 4.97. The molecule has 4 rings (SSSR count). The Bertz CT molecular complexity index is 977. The van der Waals surface area contributed by atoms with Crippen molar-refractivity contribution >= 4 is 23.2 Å². The van der Waals surface area contributed by atoms with Gasteiger partial charge in [0, 0.05) is 35.6 Å². The first kappa shape index (κ1) is 20.4. The fourth-order valence-corrected chi connectivity index (χ4v) is 4.57. The maximum Gasteiger partial charge on any atom is 0.254 e. The van der Waals surface area contributed by atoms with Crippen LogP contribution in [0.3, 0.4) is 0 Å². The summed E-state index contributed by atoms with van der Waals surface area (Å²) >= 11 is 1.52. The Kier molecular flexibility index (Phi) is 6.60. The molecule has 0 atom stereocenters. The molecule has 0 bridgehead atoms. The lowest BCUT2D eigenvalue weighted by Crippen LogP contribution is -2.46. The lowest BCUT2D eigenvalue weighted by Gasteiger charge is -2.32. The van der Waals surface area contributed by atoms with Crippen molar-refractivity contribution in [3.8, 4) is 0 Å². The van der Waals surface area contributed by atoms with Crippen molar-refractivity contribution in [3.63, 3.8) is 0 Å². The van der Waals surface area contributed by atoms with E-state index in [9.17, 15) is 9.59 Å². The molecule has 5 heteroatoms. The van der Waals surface area contributed by atoms with Gasteiger partial charge in [0.05, 0.1) is 0 Å². The summed E-state index contributed by atoms with van der Waals surface area (Å²) < 4.78 is 0. The van der Waals surface area contributed by atoms with Crippen LogP contribution >= 0.6 is 11.3 Å².